The number of nitrogens with one attached hydrogen (secondary N) is 1. The maximum absolute atomic E-state index is 14.6. The first-order valence-electron chi connectivity index (χ1n) is 13.7. The number of aryl methyl sites for hydroxylation is 3. The van der Waals surface area contributed by atoms with Crippen molar-refractivity contribution >= 4 is 11.8 Å². The van der Waals surface area contributed by atoms with Crippen LogP contribution in [0.3, 0.4) is 0 Å². The molecule has 4 rings (SSSR count). The molecule has 2 aromatic rings. The van der Waals surface area contributed by atoms with Gasteiger partial charge >= 0.3 is 5.97 Å². The molecule has 1 aromatic carbocycles. The number of carboxylic acid groups (broad SMARTS) is 1. The summed E-state index contributed by atoms with van der Waals surface area (Å²) in [7, 11) is 3.52. The topological polar surface area (TPSA) is 77.9 Å². The van der Waals surface area contributed by atoms with Crippen LogP contribution in [0.4, 0.5) is 10.2 Å². The molecule has 202 valence electrons. The molecular weight excluding hydrogens is 471 g/mol. The average Bonchev–Trinajstić information content (AvgIpc) is 3.37. The number of carboxylic acids is 1. The molecule has 1 aromatic heterocycles. The molecular formula is C29H41FN4O3. The van der Waals surface area contributed by atoms with Crippen LogP contribution in [0.15, 0.2) is 24.3 Å². The molecule has 0 saturated carbocycles. The molecule has 2 atom stereocenters. The van der Waals surface area contributed by atoms with Gasteiger partial charge in [-0.05, 0) is 87.9 Å². The van der Waals surface area contributed by atoms with Gasteiger partial charge in [0.05, 0.1) is 7.11 Å². The molecule has 0 radical (unpaired) electrons. The lowest BCUT2D eigenvalue weighted by atomic mass is 9.99. The normalized spacial score (nSPS) is 18.5. The fourth-order valence-electron chi connectivity index (χ4n) is 5.68. The molecule has 1 saturated heterocycles. The molecule has 0 aliphatic carbocycles. The molecule has 37 heavy (non-hydrogen) atoms. The Labute approximate surface area is 220 Å². The first-order chi connectivity index (χ1) is 17.9. The third kappa shape index (κ3) is 6.60. The Morgan fingerprint density at radius 2 is 2.16 bits per heavy atom. The number of hydrogen-bond donors (Lipinski definition) is 2. The Kier molecular flexibility index (Phi) is 9.38. The van der Waals surface area contributed by atoms with Crippen molar-refractivity contribution in [1.29, 1.82) is 0 Å². The van der Waals surface area contributed by atoms with Gasteiger partial charge in [-0.3, -0.25) is 9.69 Å². The Morgan fingerprint density at radius 3 is 2.92 bits per heavy atom. The second kappa shape index (κ2) is 12.7. The summed E-state index contributed by atoms with van der Waals surface area (Å²) in [5, 5.41) is 13.5. The van der Waals surface area contributed by atoms with Crippen molar-refractivity contribution in [3.8, 4) is 5.75 Å². The van der Waals surface area contributed by atoms with Crippen LogP contribution in [0, 0.1) is 5.82 Å². The van der Waals surface area contributed by atoms with Gasteiger partial charge in [0.25, 0.3) is 0 Å². The van der Waals surface area contributed by atoms with Crippen LogP contribution < -0.4 is 10.1 Å². The minimum absolute atomic E-state index is 0.0330. The molecule has 2 aliphatic heterocycles. The van der Waals surface area contributed by atoms with E-state index in [1.807, 2.05) is 11.8 Å². The Balaban J connectivity index is 1.28. The van der Waals surface area contributed by atoms with Crippen LogP contribution in [0.25, 0.3) is 0 Å². The maximum atomic E-state index is 14.6. The van der Waals surface area contributed by atoms with Gasteiger partial charge in [-0.15, -0.1) is 0 Å². The summed E-state index contributed by atoms with van der Waals surface area (Å²) in [5.74, 6) is -0.376. The zero-order valence-corrected chi connectivity index (χ0v) is 22.4. The van der Waals surface area contributed by atoms with E-state index in [1.54, 1.807) is 6.07 Å². The van der Waals surface area contributed by atoms with Crippen molar-refractivity contribution in [2.24, 2.45) is 0 Å². The Morgan fingerprint density at radius 1 is 1.32 bits per heavy atom. The number of fused-ring (bicyclic) bond motifs is 1. The number of aliphatic carboxylic acids is 1. The zero-order chi connectivity index (χ0) is 26.4. The molecule has 1 unspecified atom stereocenters. The quantitative estimate of drug-likeness (QED) is 0.399. The summed E-state index contributed by atoms with van der Waals surface area (Å²) in [5.41, 5.74) is 3.66. The van der Waals surface area contributed by atoms with E-state index in [0.29, 0.717) is 25.1 Å². The Hall–Kier alpha value is -2.71. The van der Waals surface area contributed by atoms with E-state index in [0.717, 1.165) is 68.7 Å². The molecule has 0 amide bonds. The molecule has 2 aliphatic rings. The van der Waals surface area contributed by atoms with Gasteiger partial charge in [0, 0.05) is 36.9 Å². The van der Waals surface area contributed by atoms with Crippen molar-refractivity contribution in [1.82, 2.24) is 14.8 Å². The lowest BCUT2D eigenvalue weighted by Crippen LogP contribution is -2.38. The molecule has 1 fully saturated rings. The van der Waals surface area contributed by atoms with Crippen molar-refractivity contribution < 1.29 is 19.0 Å². The highest BCUT2D eigenvalue weighted by Gasteiger charge is 2.37. The summed E-state index contributed by atoms with van der Waals surface area (Å²) in [6.45, 7) is 5.21. The van der Waals surface area contributed by atoms with Gasteiger partial charge in [-0.25, -0.2) is 9.37 Å². The van der Waals surface area contributed by atoms with Crippen molar-refractivity contribution in [3.63, 3.8) is 0 Å². The predicted octanol–water partition coefficient (Wildman–Crippen LogP) is 4.69. The van der Waals surface area contributed by atoms with Gasteiger partial charge in [-0.1, -0.05) is 19.4 Å². The number of aromatic nitrogens is 1. The number of unbranched alkanes of at least 4 members (excludes halogenated alkanes) is 2. The number of hydrogen-bond acceptors (Lipinski definition) is 6. The molecule has 7 nitrogen and oxygen atoms in total. The fraction of sp³-hybridized carbons (Fsp3) is 0.586. The van der Waals surface area contributed by atoms with Crippen LogP contribution in [0.5, 0.6) is 5.75 Å². The van der Waals surface area contributed by atoms with E-state index in [4.69, 9.17) is 9.72 Å². The number of ether oxygens (including phenoxy) is 1. The van der Waals surface area contributed by atoms with Gasteiger partial charge < -0.3 is 20.1 Å². The highest BCUT2D eigenvalue weighted by atomic mass is 19.1. The molecule has 8 heteroatoms. The van der Waals surface area contributed by atoms with Crippen LogP contribution in [-0.2, 0) is 24.1 Å². The van der Waals surface area contributed by atoms with Gasteiger partial charge in [0.15, 0.2) is 11.6 Å². The van der Waals surface area contributed by atoms with E-state index in [2.05, 4.69) is 29.4 Å². The van der Waals surface area contributed by atoms with Gasteiger partial charge in [0.2, 0.25) is 0 Å². The van der Waals surface area contributed by atoms with Crippen molar-refractivity contribution in [2.75, 3.05) is 45.7 Å². The number of likely N-dealkylation sites (tertiary alicyclic amines) is 1. The van der Waals surface area contributed by atoms with Crippen molar-refractivity contribution in [3.05, 3.63) is 52.5 Å². The second-order valence-electron chi connectivity index (χ2n) is 10.4. The number of nitrogens with zero attached hydrogens (tertiary/aromatic N) is 3. The highest BCUT2D eigenvalue weighted by molar-refractivity contribution is 5.77. The van der Waals surface area contributed by atoms with Crippen LogP contribution in [-0.4, -0.2) is 72.2 Å². The van der Waals surface area contributed by atoms with E-state index in [9.17, 15) is 14.3 Å². The minimum atomic E-state index is -0.972. The lowest BCUT2D eigenvalue weighted by Gasteiger charge is -2.28. The number of rotatable bonds is 12. The van der Waals surface area contributed by atoms with Crippen LogP contribution in [0.1, 0.15) is 67.5 Å². The summed E-state index contributed by atoms with van der Waals surface area (Å²) in [4.78, 5) is 21.4. The SMILES string of the molecule is CCc1cc(F)c(OC)c(C(C(=O)O)N2CC[C@@H](N(C)CCCCCc3ccc4c(n3)NCCC4)C2)c1. The maximum Gasteiger partial charge on any atom is 0.325 e. The fourth-order valence-corrected chi connectivity index (χ4v) is 5.68. The summed E-state index contributed by atoms with van der Waals surface area (Å²) in [6.07, 6.45) is 8.14. The molecule has 0 spiro atoms. The minimum Gasteiger partial charge on any atom is -0.493 e. The third-order valence-corrected chi connectivity index (χ3v) is 7.85. The largest absolute Gasteiger partial charge is 0.493 e. The second-order valence-corrected chi connectivity index (χ2v) is 10.4. The van der Waals surface area contributed by atoms with E-state index in [1.165, 1.54) is 25.2 Å². The smallest absolute Gasteiger partial charge is 0.325 e. The zero-order valence-electron chi connectivity index (χ0n) is 22.4. The van der Waals surface area contributed by atoms with Gasteiger partial charge in [0.1, 0.15) is 11.9 Å². The number of anilines is 1. The molecule has 2 N–H and O–H groups in total. The van der Waals surface area contributed by atoms with E-state index < -0.39 is 17.8 Å². The third-order valence-electron chi connectivity index (χ3n) is 7.85. The summed E-state index contributed by atoms with van der Waals surface area (Å²) >= 11 is 0. The number of likely N-dealkylation sites (N-methyl/N-ethyl adjacent to an activating group) is 1. The van der Waals surface area contributed by atoms with E-state index >= 15 is 0 Å². The van der Waals surface area contributed by atoms with Crippen molar-refractivity contribution in [2.45, 2.75) is 70.4 Å². The number of halogens is 1. The molecule has 0 bridgehead atoms. The number of methoxy groups -OCH3 is 1. The summed E-state index contributed by atoms with van der Waals surface area (Å²) < 4.78 is 19.9. The molecule has 3 heterocycles. The first kappa shape index (κ1) is 27.3. The Bertz CT molecular complexity index is 1080. The lowest BCUT2D eigenvalue weighted by molar-refractivity contribution is -0.143. The van der Waals surface area contributed by atoms with Crippen LogP contribution >= 0.6 is 0 Å². The number of carbonyl (C=O) groups is 1. The highest BCUT2D eigenvalue weighted by Crippen LogP contribution is 2.35. The first-order valence-corrected chi connectivity index (χ1v) is 13.7. The number of benzene rings is 1. The van der Waals surface area contributed by atoms with Crippen LogP contribution in [0.2, 0.25) is 0 Å². The summed E-state index contributed by atoms with van der Waals surface area (Å²) in [6, 6.07) is 6.96. The standard InChI is InChI=1S/C29H41FN4O3/c1-4-20-17-24(27(37-3)25(30)18-20)26(29(35)36)34-16-13-23(19-34)33(2)15-7-5-6-10-22-12-11-21-9-8-14-31-28(21)32-22/h11-12,17-18,23,26H,4-10,13-16,19H2,1-3H3,(H,31,32)(H,35,36)/t23-,26?/m1/s1. The average molecular weight is 513 g/mol. The monoisotopic (exact) mass is 512 g/mol. The van der Waals surface area contributed by atoms with E-state index in [-0.39, 0.29) is 11.8 Å². The number of pyridine rings is 1. The predicted molar refractivity (Wildman–Crippen MR) is 144 cm³/mol. The van der Waals surface area contributed by atoms with Gasteiger partial charge in [-0.2, -0.15) is 0 Å².